The lowest BCUT2D eigenvalue weighted by molar-refractivity contribution is -0.147. The molecule has 0 bridgehead atoms. The Hall–Kier alpha value is -2.79. The summed E-state index contributed by atoms with van der Waals surface area (Å²) in [5, 5.41) is 8.15. The first-order valence-electron chi connectivity index (χ1n) is 8.68. The largest absolute Gasteiger partial charge is 0.455 e. The Morgan fingerprint density at radius 2 is 1.84 bits per heavy atom. The summed E-state index contributed by atoms with van der Waals surface area (Å²) in [6.07, 6.45) is -4.84. The number of ether oxygens (including phenoxy) is 1. The molecular formula is C18H17Cl2F3N4O4. The molecule has 2 aromatic rings. The van der Waals surface area contributed by atoms with Crippen LogP contribution in [0.4, 0.5) is 18.0 Å². The van der Waals surface area contributed by atoms with E-state index in [0.717, 1.165) is 0 Å². The lowest BCUT2D eigenvalue weighted by atomic mass is 10.1. The van der Waals surface area contributed by atoms with Crippen LogP contribution in [0.15, 0.2) is 18.2 Å². The molecule has 0 aliphatic heterocycles. The van der Waals surface area contributed by atoms with Gasteiger partial charge >= 0.3 is 18.2 Å². The van der Waals surface area contributed by atoms with Crippen molar-refractivity contribution in [2.24, 2.45) is 0 Å². The number of imide groups is 1. The van der Waals surface area contributed by atoms with Gasteiger partial charge in [0.25, 0.3) is 5.91 Å². The Bertz CT molecular complexity index is 1010. The fraction of sp³-hybridized carbons (Fsp3) is 0.333. The number of urea groups is 1. The van der Waals surface area contributed by atoms with Crippen molar-refractivity contribution in [2.45, 2.75) is 26.4 Å². The third-order valence-corrected chi connectivity index (χ3v) is 4.72. The number of hydrogen-bond acceptors (Lipinski definition) is 5. The maximum absolute atomic E-state index is 12.1. The minimum Gasteiger partial charge on any atom is -0.455 e. The van der Waals surface area contributed by atoms with E-state index in [1.807, 2.05) is 0 Å². The highest BCUT2D eigenvalue weighted by Gasteiger charge is 2.28. The highest BCUT2D eigenvalue weighted by Crippen LogP contribution is 2.26. The van der Waals surface area contributed by atoms with E-state index in [4.69, 9.17) is 27.9 Å². The van der Waals surface area contributed by atoms with Gasteiger partial charge in [-0.2, -0.15) is 18.3 Å². The Morgan fingerprint density at radius 3 is 2.45 bits per heavy atom. The molecule has 1 aromatic carbocycles. The standard InChI is InChI=1S/C18H17Cl2F3N4O4/c1-9-12(10(2)27(26-9)11-3-4-13(19)14(20)5-11)6-16(29)31-7-15(28)25-17(30)24-8-18(21,22)23/h3-5H,6-8H2,1-2H3,(H2,24,25,28,30). The molecule has 1 heterocycles. The zero-order chi connectivity index (χ0) is 23.3. The van der Waals surface area contributed by atoms with Gasteiger partial charge in [0.15, 0.2) is 6.61 Å². The Kier molecular flexibility index (Phi) is 7.91. The van der Waals surface area contributed by atoms with Gasteiger partial charge in [-0.05, 0) is 32.0 Å². The predicted octanol–water partition coefficient (Wildman–Crippen LogP) is 3.27. The van der Waals surface area contributed by atoms with Crippen molar-refractivity contribution in [2.75, 3.05) is 13.2 Å². The number of aromatic nitrogens is 2. The lowest BCUT2D eigenvalue weighted by Crippen LogP contribution is -2.44. The molecule has 31 heavy (non-hydrogen) atoms. The fourth-order valence-corrected chi connectivity index (χ4v) is 2.82. The zero-order valence-electron chi connectivity index (χ0n) is 16.3. The Balaban J connectivity index is 1.94. The van der Waals surface area contributed by atoms with Crippen molar-refractivity contribution in [3.05, 3.63) is 45.2 Å². The molecule has 8 nitrogen and oxygen atoms in total. The van der Waals surface area contributed by atoms with Crippen LogP contribution in [-0.2, 0) is 20.7 Å². The van der Waals surface area contributed by atoms with Gasteiger partial charge in [-0.15, -0.1) is 0 Å². The van der Waals surface area contributed by atoms with Crippen LogP contribution in [0.5, 0.6) is 0 Å². The molecule has 13 heteroatoms. The number of amides is 3. The molecular weight excluding hydrogens is 464 g/mol. The topological polar surface area (TPSA) is 102 Å². The number of nitrogens with one attached hydrogen (secondary N) is 2. The molecule has 3 amide bonds. The number of hydrogen-bond donors (Lipinski definition) is 2. The van der Waals surface area contributed by atoms with Gasteiger partial charge in [0.2, 0.25) is 0 Å². The number of rotatable bonds is 6. The lowest BCUT2D eigenvalue weighted by Gasteiger charge is -2.09. The van der Waals surface area contributed by atoms with Crippen LogP contribution in [0.1, 0.15) is 17.0 Å². The summed E-state index contributed by atoms with van der Waals surface area (Å²) in [6.45, 7) is 0.967. The molecule has 0 atom stereocenters. The van der Waals surface area contributed by atoms with E-state index in [0.29, 0.717) is 32.7 Å². The predicted molar refractivity (Wildman–Crippen MR) is 105 cm³/mol. The average molecular weight is 481 g/mol. The van der Waals surface area contributed by atoms with Crippen LogP contribution in [0, 0.1) is 13.8 Å². The number of carbonyl (C=O) groups excluding carboxylic acids is 3. The SMILES string of the molecule is Cc1nn(-c2ccc(Cl)c(Cl)c2)c(C)c1CC(=O)OCC(=O)NC(=O)NCC(F)(F)F. The second-order valence-corrected chi connectivity index (χ2v) is 7.16. The van der Waals surface area contributed by atoms with Crippen LogP contribution in [0.2, 0.25) is 10.0 Å². The summed E-state index contributed by atoms with van der Waals surface area (Å²) in [6, 6.07) is 3.56. The van der Waals surface area contributed by atoms with Gasteiger partial charge in [0.1, 0.15) is 6.54 Å². The van der Waals surface area contributed by atoms with Crippen molar-refractivity contribution in [3.8, 4) is 5.69 Å². The minimum atomic E-state index is -4.62. The summed E-state index contributed by atoms with van der Waals surface area (Å²) in [5.74, 6) is -1.86. The second kappa shape index (κ2) is 10.0. The fourth-order valence-electron chi connectivity index (χ4n) is 2.53. The van der Waals surface area contributed by atoms with Gasteiger partial charge in [0, 0.05) is 11.3 Å². The van der Waals surface area contributed by atoms with Crippen molar-refractivity contribution in [3.63, 3.8) is 0 Å². The molecule has 0 saturated heterocycles. The zero-order valence-corrected chi connectivity index (χ0v) is 17.8. The smallest absolute Gasteiger partial charge is 0.405 e. The third kappa shape index (κ3) is 7.14. The van der Waals surface area contributed by atoms with Gasteiger partial charge in [-0.3, -0.25) is 14.9 Å². The molecule has 0 aliphatic carbocycles. The molecule has 0 unspecified atom stereocenters. The number of alkyl halides is 3. The van der Waals surface area contributed by atoms with Crippen molar-refractivity contribution in [1.82, 2.24) is 20.4 Å². The summed E-state index contributed by atoms with van der Waals surface area (Å²) < 4.78 is 42.4. The normalized spacial score (nSPS) is 11.2. The number of halogens is 5. The van der Waals surface area contributed by atoms with E-state index in [1.165, 1.54) is 5.32 Å². The summed E-state index contributed by atoms with van der Waals surface area (Å²) in [4.78, 5) is 34.8. The van der Waals surface area contributed by atoms with Crippen molar-refractivity contribution >= 4 is 41.1 Å². The van der Waals surface area contributed by atoms with E-state index < -0.39 is 37.2 Å². The quantitative estimate of drug-likeness (QED) is 0.617. The Morgan fingerprint density at radius 1 is 1.16 bits per heavy atom. The van der Waals surface area contributed by atoms with Crippen LogP contribution in [0.3, 0.4) is 0 Å². The Labute approximate surface area is 184 Å². The van der Waals surface area contributed by atoms with Crippen molar-refractivity contribution < 1.29 is 32.3 Å². The highest BCUT2D eigenvalue weighted by molar-refractivity contribution is 6.42. The number of nitrogens with zero attached hydrogens (tertiary/aromatic N) is 2. The van der Waals surface area contributed by atoms with E-state index in [-0.39, 0.29) is 6.42 Å². The van der Waals surface area contributed by atoms with Crippen LogP contribution < -0.4 is 10.6 Å². The van der Waals surface area contributed by atoms with Crippen LogP contribution >= 0.6 is 23.2 Å². The summed E-state index contributed by atoms with van der Waals surface area (Å²) >= 11 is 11.9. The molecule has 0 fully saturated rings. The summed E-state index contributed by atoms with van der Waals surface area (Å²) in [7, 11) is 0. The van der Waals surface area contributed by atoms with E-state index in [9.17, 15) is 27.6 Å². The minimum absolute atomic E-state index is 0.216. The van der Waals surface area contributed by atoms with E-state index >= 15 is 0 Å². The molecule has 168 valence electrons. The number of esters is 1. The number of aryl methyl sites for hydroxylation is 1. The van der Waals surface area contributed by atoms with E-state index in [1.54, 1.807) is 42.0 Å². The van der Waals surface area contributed by atoms with Gasteiger partial charge in [-0.1, -0.05) is 23.2 Å². The molecule has 1 aromatic heterocycles. The third-order valence-electron chi connectivity index (χ3n) is 3.98. The molecule has 2 rings (SSSR count). The number of carbonyl (C=O) groups is 3. The first-order chi connectivity index (χ1) is 14.4. The van der Waals surface area contributed by atoms with Gasteiger partial charge in [0.05, 0.1) is 27.8 Å². The summed E-state index contributed by atoms with van der Waals surface area (Å²) in [5.41, 5.74) is 2.35. The molecule has 0 aliphatic rings. The molecule has 2 N–H and O–H groups in total. The van der Waals surface area contributed by atoms with Gasteiger partial charge in [-0.25, -0.2) is 9.48 Å². The van der Waals surface area contributed by atoms with Crippen LogP contribution in [0.25, 0.3) is 5.69 Å². The molecule has 0 spiro atoms. The molecule has 0 saturated carbocycles. The van der Waals surface area contributed by atoms with Crippen LogP contribution in [-0.4, -0.2) is 47.0 Å². The first-order valence-corrected chi connectivity index (χ1v) is 9.43. The molecule has 0 radical (unpaired) electrons. The van der Waals surface area contributed by atoms with Crippen molar-refractivity contribution in [1.29, 1.82) is 0 Å². The highest BCUT2D eigenvalue weighted by atomic mass is 35.5. The second-order valence-electron chi connectivity index (χ2n) is 6.34. The van der Waals surface area contributed by atoms with Gasteiger partial charge < -0.3 is 10.1 Å². The number of benzene rings is 1. The monoisotopic (exact) mass is 480 g/mol. The van der Waals surface area contributed by atoms with E-state index in [2.05, 4.69) is 5.10 Å². The maximum atomic E-state index is 12.1. The first kappa shape index (κ1) is 24.5. The maximum Gasteiger partial charge on any atom is 0.405 e. The average Bonchev–Trinajstić information content (AvgIpc) is 2.94.